The lowest BCUT2D eigenvalue weighted by Gasteiger charge is -2.34. The van der Waals surface area contributed by atoms with Gasteiger partial charge in [0.2, 0.25) is 10.0 Å². The molecule has 1 aromatic rings. The predicted molar refractivity (Wildman–Crippen MR) is 91.0 cm³/mol. The number of sulfonamides is 1. The summed E-state index contributed by atoms with van der Waals surface area (Å²) in [5.41, 5.74) is 1.02. The smallest absolute Gasteiger partial charge is 0.242 e. The minimum absolute atomic E-state index is 0.0757. The quantitative estimate of drug-likeness (QED) is 0.802. The monoisotopic (exact) mass is 354 g/mol. The van der Waals surface area contributed by atoms with Crippen LogP contribution in [-0.4, -0.2) is 64.3 Å². The molecule has 0 aliphatic carbocycles. The summed E-state index contributed by atoms with van der Waals surface area (Å²) in [7, 11) is -0.280. The van der Waals surface area contributed by atoms with Crippen LogP contribution in [0.1, 0.15) is 18.4 Å². The molecule has 0 amide bonds. The van der Waals surface area contributed by atoms with Crippen LogP contribution in [0.5, 0.6) is 0 Å². The van der Waals surface area contributed by atoms with Crippen molar-refractivity contribution >= 4 is 10.0 Å². The molecule has 2 heterocycles. The Kier molecular flexibility index (Phi) is 5.56. The van der Waals surface area contributed by atoms with Gasteiger partial charge in [-0.1, -0.05) is 12.1 Å². The van der Waals surface area contributed by atoms with Crippen molar-refractivity contribution in [2.45, 2.75) is 30.6 Å². The van der Waals surface area contributed by atoms with Gasteiger partial charge in [-0.3, -0.25) is 4.90 Å². The maximum atomic E-state index is 12.3. The third-order valence-electron chi connectivity index (χ3n) is 4.66. The third-order valence-corrected chi connectivity index (χ3v) is 6.47. The van der Waals surface area contributed by atoms with Gasteiger partial charge in [0.1, 0.15) is 0 Å². The van der Waals surface area contributed by atoms with E-state index < -0.39 is 10.0 Å². The van der Waals surface area contributed by atoms with Crippen LogP contribution in [0.3, 0.4) is 0 Å². The van der Waals surface area contributed by atoms with Crippen LogP contribution in [0.25, 0.3) is 0 Å². The number of hydrogen-bond acceptors (Lipinski definition) is 5. The second-order valence-corrected chi connectivity index (χ2v) is 8.83. The number of rotatable bonds is 5. The normalized spacial score (nSPS) is 23.9. The first-order valence-corrected chi connectivity index (χ1v) is 9.88. The average molecular weight is 354 g/mol. The number of hydrogen-bond donors (Lipinski definition) is 0. The number of benzene rings is 1. The van der Waals surface area contributed by atoms with Crippen LogP contribution >= 0.6 is 0 Å². The molecule has 0 N–H and O–H groups in total. The molecule has 0 spiro atoms. The predicted octanol–water partition coefficient (Wildman–Crippen LogP) is 1.52. The Hall–Kier alpha value is -0.990. The Morgan fingerprint density at radius 2 is 2.00 bits per heavy atom. The molecule has 134 valence electrons. The summed E-state index contributed by atoms with van der Waals surface area (Å²) >= 11 is 0. The van der Waals surface area contributed by atoms with Crippen LogP contribution in [0.15, 0.2) is 29.2 Å². The number of likely N-dealkylation sites (tertiary alicyclic amines) is 1. The molecule has 6 nitrogen and oxygen atoms in total. The Balaban J connectivity index is 1.67. The van der Waals surface area contributed by atoms with Gasteiger partial charge in [-0.25, -0.2) is 12.7 Å². The summed E-state index contributed by atoms with van der Waals surface area (Å²) in [6, 6.07) is 7.23. The van der Waals surface area contributed by atoms with E-state index in [0.29, 0.717) is 24.0 Å². The van der Waals surface area contributed by atoms with Gasteiger partial charge in [-0.2, -0.15) is 0 Å². The van der Waals surface area contributed by atoms with Gasteiger partial charge in [0, 0.05) is 33.1 Å². The molecule has 2 aliphatic heterocycles. The van der Waals surface area contributed by atoms with Crippen molar-refractivity contribution in [3.8, 4) is 0 Å². The SMILES string of the molecule is CN(C)S(=O)(=O)c1cccc(CN2CCCC(C3OCCO3)C2)c1. The first-order chi connectivity index (χ1) is 11.5. The lowest BCUT2D eigenvalue weighted by atomic mass is 9.97. The van der Waals surface area contributed by atoms with Crippen LogP contribution in [-0.2, 0) is 26.0 Å². The summed E-state index contributed by atoms with van der Waals surface area (Å²) in [6.45, 7) is 4.07. The molecule has 0 aromatic heterocycles. The molecule has 3 rings (SSSR count). The standard InChI is InChI=1S/C17H26N2O4S/c1-18(2)24(20,21)16-7-3-5-14(11-16)12-19-8-4-6-15(13-19)17-22-9-10-23-17/h3,5,7,11,15,17H,4,6,8-10,12-13H2,1-2H3. The minimum Gasteiger partial charge on any atom is -0.350 e. The summed E-state index contributed by atoms with van der Waals surface area (Å²) in [5.74, 6) is 0.398. The molecule has 1 unspecified atom stereocenters. The second-order valence-electron chi connectivity index (χ2n) is 6.68. The summed E-state index contributed by atoms with van der Waals surface area (Å²) in [6.07, 6.45) is 2.16. The lowest BCUT2D eigenvalue weighted by molar-refractivity contribution is -0.101. The topological polar surface area (TPSA) is 59.1 Å². The molecule has 2 fully saturated rings. The highest BCUT2D eigenvalue weighted by Crippen LogP contribution is 2.26. The van der Waals surface area contributed by atoms with E-state index in [4.69, 9.17) is 9.47 Å². The van der Waals surface area contributed by atoms with Crippen molar-refractivity contribution in [2.75, 3.05) is 40.4 Å². The molecular formula is C17H26N2O4S. The molecule has 7 heteroatoms. The van der Waals surface area contributed by atoms with E-state index in [2.05, 4.69) is 4.90 Å². The molecule has 1 aromatic carbocycles. The molecule has 0 saturated carbocycles. The van der Waals surface area contributed by atoms with Gasteiger partial charge < -0.3 is 9.47 Å². The van der Waals surface area contributed by atoms with Crippen molar-refractivity contribution in [3.63, 3.8) is 0 Å². The first kappa shape index (κ1) is 17.8. The molecular weight excluding hydrogens is 328 g/mol. The summed E-state index contributed by atoms with van der Waals surface area (Å²) in [5, 5.41) is 0. The van der Waals surface area contributed by atoms with E-state index >= 15 is 0 Å². The van der Waals surface area contributed by atoms with E-state index in [1.165, 1.54) is 4.31 Å². The van der Waals surface area contributed by atoms with Crippen molar-refractivity contribution in [1.29, 1.82) is 0 Å². The van der Waals surface area contributed by atoms with Gasteiger partial charge in [-0.15, -0.1) is 0 Å². The average Bonchev–Trinajstić information content (AvgIpc) is 3.10. The largest absolute Gasteiger partial charge is 0.350 e. The highest BCUT2D eigenvalue weighted by Gasteiger charge is 2.31. The molecule has 24 heavy (non-hydrogen) atoms. The van der Waals surface area contributed by atoms with E-state index in [-0.39, 0.29) is 6.29 Å². The van der Waals surface area contributed by atoms with Crippen molar-refractivity contribution in [1.82, 2.24) is 9.21 Å². The number of ether oxygens (including phenoxy) is 2. The number of piperidine rings is 1. The highest BCUT2D eigenvalue weighted by atomic mass is 32.2. The Morgan fingerprint density at radius 1 is 1.25 bits per heavy atom. The van der Waals surface area contributed by atoms with Crippen LogP contribution in [0, 0.1) is 5.92 Å². The van der Waals surface area contributed by atoms with E-state index in [1.54, 1.807) is 26.2 Å². The van der Waals surface area contributed by atoms with Crippen molar-refractivity contribution < 1.29 is 17.9 Å². The van der Waals surface area contributed by atoms with Gasteiger partial charge in [0.25, 0.3) is 0 Å². The van der Waals surface area contributed by atoms with Crippen LogP contribution in [0.4, 0.5) is 0 Å². The maximum Gasteiger partial charge on any atom is 0.242 e. The molecule has 0 bridgehead atoms. The van der Waals surface area contributed by atoms with Crippen LogP contribution < -0.4 is 0 Å². The van der Waals surface area contributed by atoms with E-state index in [1.807, 2.05) is 12.1 Å². The first-order valence-electron chi connectivity index (χ1n) is 8.44. The van der Waals surface area contributed by atoms with Gasteiger partial charge >= 0.3 is 0 Å². The zero-order valence-corrected chi connectivity index (χ0v) is 15.2. The van der Waals surface area contributed by atoms with Crippen LogP contribution in [0.2, 0.25) is 0 Å². The number of nitrogens with zero attached hydrogens (tertiary/aromatic N) is 2. The molecule has 0 radical (unpaired) electrons. The fraction of sp³-hybridized carbons (Fsp3) is 0.647. The molecule has 1 atom stereocenters. The Morgan fingerprint density at radius 3 is 2.71 bits per heavy atom. The van der Waals surface area contributed by atoms with E-state index in [0.717, 1.165) is 38.0 Å². The maximum absolute atomic E-state index is 12.3. The van der Waals surface area contributed by atoms with E-state index in [9.17, 15) is 8.42 Å². The molecule has 2 aliphatic rings. The minimum atomic E-state index is -3.39. The summed E-state index contributed by atoms with van der Waals surface area (Å²) in [4.78, 5) is 2.71. The Labute approximate surface area is 144 Å². The van der Waals surface area contributed by atoms with Crippen molar-refractivity contribution in [2.24, 2.45) is 5.92 Å². The molecule has 2 saturated heterocycles. The fourth-order valence-electron chi connectivity index (χ4n) is 3.38. The van der Waals surface area contributed by atoms with Gasteiger partial charge in [0.15, 0.2) is 6.29 Å². The fourth-order valence-corrected chi connectivity index (χ4v) is 4.35. The lowest BCUT2D eigenvalue weighted by Crippen LogP contribution is -2.40. The zero-order valence-electron chi connectivity index (χ0n) is 14.3. The Bertz CT molecular complexity index is 656. The van der Waals surface area contributed by atoms with Gasteiger partial charge in [-0.05, 0) is 37.1 Å². The van der Waals surface area contributed by atoms with Crippen molar-refractivity contribution in [3.05, 3.63) is 29.8 Å². The zero-order chi connectivity index (χ0) is 17.2. The van der Waals surface area contributed by atoms with Gasteiger partial charge in [0.05, 0.1) is 18.1 Å². The second kappa shape index (κ2) is 7.49. The summed E-state index contributed by atoms with van der Waals surface area (Å²) < 4.78 is 37.1. The highest BCUT2D eigenvalue weighted by molar-refractivity contribution is 7.89. The third kappa shape index (κ3) is 3.97.